The Morgan fingerprint density at radius 2 is 1.73 bits per heavy atom. The number of thioether (sulfide) groups is 1. The fraction of sp³-hybridized carbons (Fsp3) is 0.353. The van der Waals surface area contributed by atoms with E-state index in [4.69, 9.17) is 4.74 Å². The van der Waals surface area contributed by atoms with Gasteiger partial charge >= 0.3 is 12.1 Å². The van der Waals surface area contributed by atoms with Crippen LogP contribution in [0.4, 0.5) is 22.0 Å². The maximum absolute atomic E-state index is 12.9. The zero-order chi connectivity index (χ0) is 19.4. The minimum atomic E-state index is -5.66. The van der Waals surface area contributed by atoms with Crippen molar-refractivity contribution in [2.75, 3.05) is 19.5 Å². The van der Waals surface area contributed by atoms with Gasteiger partial charge in [-0.05, 0) is 36.1 Å². The number of pyridine rings is 1. The molecule has 0 aliphatic carbocycles. The summed E-state index contributed by atoms with van der Waals surface area (Å²) in [5.41, 5.74) is 1.29. The maximum atomic E-state index is 12.9. The molecule has 0 aliphatic rings. The number of methoxy groups -OCH3 is 1. The lowest BCUT2D eigenvalue weighted by Crippen LogP contribution is -2.41. The second-order valence-corrected chi connectivity index (χ2v) is 6.47. The predicted molar refractivity (Wildman–Crippen MR) is 89.1 cm³/mol. The molecule has 1 heterocycles. The van der Waals surface area contributed by atoms with E-state index >= 15 is 0 Å². The second kappa shape index (κ2) is 8.11. The van der Waals surface area contributed by atoms with Crippen molar-refractivity contribution in [1.29, 1.82) is 0 Å². The van der Waals surface area contributed by atoms with Crippen molar-refractivity contribution in [3.05, 3.63) is 36.5 Å². The standard InChI is InChI=1S/C17H16F5NO2S/c1-3-26-15-7-5-11(24-2)8-13(15)14-6-4-12(9-23-14)25-10-16(18,19)17(20,21)22/h4-9H,3,10H2,1-2H3. The summed E-state index contributed by atoms with van der Waals surface area (Å²) in [6.45, 7) is 0.192. The minimum absolute atomic E-state index is 0.176. The van der Waals surface area contributed by atoms with Gasteiger partial charge < -0.3 is 9.47 Å². The van der Waals surface area contributed by atoms with Gasteiger partial charge in [-0.1, -0.05) is 6.92 Å². The van der Waals surface area contributed by atoms with Gasteiger partial charge in [-0.3, -0.25) is 4.98 Å². The average molecular weight is 393 g/mol. The highest BCUT2D eigenvalue weighted by atomic mass is 32.2. The lowest BCUT2D eigenvalue weighted by atomic mass is 10.1. The molecule has 9 heteroatoms. The molecule has 0 atom stereocenters. The van der Waals surface area contributed by atoms with Crippen molar-refractivity contribution < 1.29 is 31.4 Å². The lowest BCUT2D eigenvalue weighted by molar-refractivity contribution is -0.290. The Bertz CT molecular complexity index is 735. The van der Waals surface area contributed by atoms with E-state index in [-0.39, 0.29) is 5.75 Å². The van der Waals surface area contributed by atoms with Crippen LogP contribution in [-0.4, -0.2) is 36.6 Å². The van der Waals surface area contributed by atoms with Gasteiger partial charge in [0.1, 0.15) is 11.5 Å². The third kappa shape index (κ3) is 4.78. The highest BCUT2D eigenvalue weighted by Gasteiger charge is 2.58. The normalized spacial score (nSPS) is 12.1. The zero-order valence-corrected chi connectivity index (χ0v) is 14.8. The Morgan fingerprint density at radius 1 is 1.04 bits per heavy atom. The number of nitrogens with zero attached hydrogens (tertiary/aromatic N) is 1. The molecule has 0 amide bonds. The van der Waals surface area contributed by atoms with Gasteiger partial charge in [-0.2, -0.15) is 22.0 Å². The van der Waals surface area contributed by atoms with Crippen molar-refractivity contribution >= 4 is 11.8 Å². The summed E-state index contributed by atoms with van der Waals surface area (Å²) < 4.78 is 72.0. The Balaban J connectivity index is 2.19. The van der Waals surface area contributed by atoms with Crippen LogP contribution in [0, 0.1) is 0 Å². The molecular weight excluding hydrogens is 377 g/mol. The van der Waals surface area contributed by atoms with Gasteiger partial charge in [-0.25, -0.2) is 0 Å². The fourth-order valence-electron chi connectivity index (χ4n) is 2.00. The summed E-state index contributed by atoms with van der Waals surface area (Å²) in [7, 11) is 1.52. The van der Waals surface area contributed by atoms with Crippen LogP contribution >= 0.6 is 11.8 Å². The van der Waals surface area contributed by atoms with Gasteiger partial charge in [0.15, 0.2) is 6.61 Å². The van der Waals surface area contributed by atoms with E-state index < -0.39 is 18.7 Å². The number of hydrogen-bond acceptors (Lipinski definition) is 4. The Hall–Kier alpha value is -2.03. The summed E-state index contributed by atoms with van der Waals surface area (Å²) >= 11 is 1.59. The molecule has 2 rings (SSSR count). The fourth-order valence-corrected chi connectivity index (χ4v) is 2.79. The topological polar surface area (TPSA) is 31.4 Å². The van der Waals surface area contributed by atoms with E-state index in [0.29, 0.717) is 11.4 Å². The van der Waals surface area contributed by atoms with Gasteiger partial charge in [-0.15, -0.1) is 11.8 Å². The molecular formula is C17H16F5NO2S. The van der Waals surface area contributed by atoms with Gasteiger partial charge in [0.2, 0.25) is 0 Å². The van der Waals surface area contributed by atoms with Crippen LogP contribution in [0.2, 0.25) is 0 Å². The molecule has 1 aromatic carbocycles. The van der Waals surface area contributed by atoms with E-state index in [9.17, 15) is 22.0 Å². The number of alkyl halides is 5. The SMILES string of the molecule is CCSc1ccc(OC)cc1-c1ccc(OCC(F)(F)C(F)(F)F)cn1. The number of benzene rings is 1. The van der Waals surface area contributed by atoms with Crippen molar-refractivity contribution in [1.82, 2.24) is 4.98 Å². The molecule has 1 aromatic heterocycles. The zero-order valence-electron chi connectivity index (χ0n) is 13.9. The quantitative estimate of drug-likeness (QED) is 0.463. The summed E-state index contributed by atoms with van der Waals surface area (Å²) in [5.74, 6) is -3.66. The van der Waals surface area contributed by atoms with Crippen molar-refractivity contribution in [3.8, 4) is 22.8 Å². The molecule has 26 heavy (non-hydrogen) atoms. The van der Waals surface area contributed by atoms with Crippen LogP contribution in [0.3, 0.4) is 0 Å². The van der Waals surface area contributed by atoms with Crippen molar-refractivity contribution in [2.24, 2.45) is 0 Å². The van der Waals surface area contributed by atoms with Gasteiger partial charge in [0.25, 0.3) is 0 Å². The van der Waals surface area contributed by atoms with E-state index in [1.807, 2.05) is 13.0 Å². The van der Waals surface area contributed by atoms with E-state index in [0.717, 1.165) is 22.4 Å². The average Bonchev–Trinajstić information content (AvgIpc) is 2.60. The monoisotopic (exact) mass is 393 g/mol. The van der Waals surface area contributed by atoms with Crippen LogP contribution < -0.4 is 9.47 Å². The van der Waals surface area contributed by atoms with E-state index in [1.54, 1.807) is 23.9 Å². The molecule has 3 nitrogen and oxygen atoms in total. The van der Waals surface area contributed by atoms with Crippen LogP contribution in [0.25, 0.3) is 11.3 Å². The number of hydrogen-bond donors (Lipinski definition) is 0. The third-order valence-electron chi connectivity index (χ3n) is 3.33. The van der Waals surface area contributed by atoms with E-state index in [2.05, 4.69) is 9.72 Å². The molecule has 0 spiro atoms. The van der Waals surface area contributed by atoms with Gasteiger partial charge in [0.05, 0.1) is 19.0 Å². The minimum Gasteiger partial charge on any atom is -0.497 e. The molecule has 0 saturated carbocycles. The van der Waals surface area contributed by atoms with Gasteiger partial charge in [0, 0.05) is 10.5 Å². The largest absolute Gasteiger partial charge is 0.497 e. The van der Waals surface area contributed by atoms with Crippen LogP contribution in [-0.2, 0) is 0 Å². The van der Waals surface area contributed by atoms with E-state index in [1.165, 1.54) is 19.2 Å². The van der Waals surface area contributed by atoms with Crippen LogP contribution in [0.15, 0.2) is 41.4 Å². The number of rotatable bonds is 7. The summed E-state index contributed by atoms with van der Waals surface area (Å²) in [6, 6.07) is 8.25. The third-order valence-corrected chi connectivity index (χ3v) is 4.29. The Morgan fingerprint density at radius 3 is 2.27 bits per heavy atom. The van der Waals surface area contributed by atoms with Crippen LogP contribution in [0.5, 0.6) is 11.5 Å². The van der Waals surface area contributed by atoms with Crippen molar-refractivity contribution in [2.45, 2.75) is 23.9 Å². The first-order valence-corrected chi connectivity index (χ1v) is 8.51. The molecule has 0 aliphatic heterocycles. The van der Waals surface area contributed by atoms with Crippen LogP contribution in [0.1, 0.15) is 6.92 Å². The maximum Gasteiger partial charge on any atom is 0.456 e. The first kappa shape index (κ1) is 20.3. The predicted octanol–water partition coefficient (Wildman–Crippen LogP) is 5.45. The smallest absolute Gasteiger partial charge is 0.456 e. The number of ether oxygens (including phenoxy) is 2. The lowest BCUT2D eigenvalue weighted by Gasteiger charge is -2.19. The van der Waals surface area contributed by atoms with Crippen molar-refractivity contribution in [3.63, 3.8) is 0 Å². The molecule has 0 bridgehead atoms. The summed E-state index contributed by atoms with van der Waals surface area (Å²) in [5, 5.41) is 0. The first-order valence-electron chi connectivity index (χ1n) is 7.52. The molecule has 0 saturated heterocycles. The first-order chi connectivity index (χ1) is 12.2. The Labute approximate surface area is 151 Å². The summed E-state index contributed by atoms with van der Waals surface area (Å²) in [4.78, 5) is 5.05. The number of halogens is 5. The molecule has 2 aromatic rings. The number of aromatic nitrogens is 1. The Kier molecular flexibility index (Phi) is 6.33. The molecule has 0 unspecified atom stereocenters. The molecule has 0 fully saturated rings. The molecule has 0 N–H and O–H groups in total. The highest BCUT2D eigenvalue weighted by molar-refractivity contribution is 7.99. The molecule has 142 valence electrons. The molecule has 0 radical (unpaired) electrons. The summed E-state index contributed by atoms with van der Waals surface area (Å²) in [6.07, 6.45) is -4.55. The highest BCUT2D eigenvalue weighted by Crippen LogP contribution is 2.36. The second-order valence-electron chi connectivity index (χ2n) is 5.17.